The Hall–Kier alpha value is -1.92. The molecule has 0 aromatic heterocycles. The maximum Gasteiger partial charge on any atom is 0.220 e. The number of hydrogen-bond acceptors (Lipinski definition) is 4. The van der Waals surface area contributed by atoms with Gasteiger partial charge in [0.15, 0.2) is 0 Å². The zero-order chi connectivity index (χ0) is 22.1. The average molecular weight is 412 g/mol. The fraction of sp³-hybridized carbons (Fsp3) is 0.818. The molecule has 0 radical (unpaired) electrons. The molecule has 7 nitrogen and oxygen atoms in total. The van der Waals surface area contributed by atoms with Gasteiger partial charge in [0.2, 0.25) is 17.7 Å². The summed E-state index contributed by atoms with van der Waals surface area (Å²) in [5.41, 5.74) is 0. The number of ketones is 1. The van der Waals surface area contributed by atoms with Crippen molar-refractivity contribution in [2.24, 2.45) is 5.92 Å². The van der Waals surface area contributed by atoms with Crippen LogP contribution in [-0.4, -0.2) is 42.6 Å². The van der Waals surface area contributed by atoms with Crippen LogP contribution in [0.15, 0.2) is 0 Å². The molecule has 1 aliphatic carbocycles. The van der Waals surface area contributed by atoms with Crippen LogP contribution in [0.5, 0.6) is 0 Å². The molecule has 1 rings (SSSR count). The molecular formula is C22H41N3O4. The highest BCUT2D eigenvalue weighted by Gasteiger charge is 2.25. The predicted octanol–water partition coefficient (Wildman–Crippen LogP) is 2.87. The van der Waals surface area contributed by atoms with E-state index in [1.807, 2.05) is 27.7 Å². The van der Waals surface area contributed by atoms with Crippen molar-refractivity contribution in [1.29, 1.82) is 0 Å². The van der Waals surface area contributed by atoms with Crippen LogP contribution in [0.3, 0.4) is 0 Å². The van der Waals surface area contributed by atoms with Gasteiger partial charge >= 0.3 is 0 Å². The van der Waals surface area contributed by atoms with Gasteiger partial charge in [-0.25, -0.2) is 0 Å². The molecular weight excluding hydrogens is 370 g/mol. The third-order valence-corrected chi connectivity index (χ3v) is 4.98. The topological polar surface area (TPSA) is 104 Å². The van der Waals surface area contributed by atoms with E-state index in [-0.39, 0.29) is 29.7 Å². The Morgan fingerprint density at radius 3 is 1.90 bits per heavy atom. The monoisotopic (exact) mass is 411 g/mol. The minimum absolute atomic E-state index is 0.00323. The number of hydrogen-bond donors (Lipinski definition) is 3. The van der Waals surface area contributed by atoms with E-state index in [0.29, 0.717) is 57.4 Å². The second-order valence-corrected chi connectivity index (χ2v) is 7.20. The van der Waals surface area contributed by atoms with E-state index < -0.39 is 0 Å². The molecule has 3 amide bonds. The molecule has 0 aromatic rings. The van der Waals surface area contributed by atoms with Gasteiger partial charge in [-0.2, -0.15) is 0 Å². The zero-order valence-electron chi connectivity index (χ0n) is 18.8. The van der Waals surface area contributed by atoms with Crippen molar-refractivity contribution in [2.45, 2.75) is 97.9 Å². The molecule has 0 unspecified atom stereocenters. The van der Waals surface area contributed by atoms with Crippen molar-refractivity contribution in [1.82, 2.24) is 16.0 Å². The lowest BCUT2D eigenvalue weighted by molar-refractivity contribution is -0.124. The Morgan fingerprint density at radius 2 is 1.31 bits per heavy atom. The molecule has 7 heteroatoms. The molecule has 1 saturated carbocycles. The minimum atomic E-state index is -0.0858. The van der Waals surface area contributed by atoms with Gasteiger partial charge in [0.25, 0.3) is 0 Å². The highest BCUT2D eigenvalue weighted by Crippen LogP contribution is 2.25. The molecule has 0 spiro atoms. The maximum absolute atomic E-state index is 12.0. The lowest BCUT2D eigenvalue weighted by Crippen LogP contribution is -2.38. The van der Waals surface area contributed by atoms with Crippen molar-refractivity contribution in [3.05, 3.63) is 0 Å². The lowest BCUT2D eigenvalue weighted by Gasteiger charge is -2.28. The maximum atomic E-state index is 12.0. The van der Waals surface area contributed by atoms with E-state index in [1.165, 1.54) is 0 Å². The number of carbonyl (C=O) groups excluding carboxylic acids is 4. The molecule has 29 heavy (non-hydrogen) atoms. The Morgan fingerprint density at radius 1 is 0.759 bits per heavy atom. The Bertz CT molecular complexity index is 500. The number of amides is 3. The van der Waals surface area contributed by atoms with Crippen LogP contribution in [0.2, 0.25) is 0 Å². The van der Waals surface area contributed by atoms with Crippen LogP contribution in [0.25, 0.3) is 0 Å². The number of nitrogens with one attached hydrogen (secondary N) is 3. The molecule has 0 aliphatic heterocycles. The second kappa shape index (κ2) is 17.0. The SMILES string of the molecule is CC.CCNC(=O)CCCNC(=O)CCCC(=O)NC1CCC(C(=O)CC)CC1. The zero-order valence-corrected chi connectivity index (χ0v) is 18.8. The molecule has 0 aromatic carbocycles. The van der Waals surface area contributed by atoms with Crippen molar-refractivity contribution in [3.63, 3.8) is 0 Å². The van der Waals surface area contributed by atoms with Crippen molar-refractivity contribution >= 4 is 23.5 Å². The quantitative estimate of drug-likeness (QED) is 0.430. The summed E-state index contributed by atoms with van der Waals surface area (Å²) in [6.07, 6.45) is 6.19. The first-order valence-corrected chi connectivity index (χ1v) is 11.3. The third kappa shape index (κ3) is 13.0. The van der Waals surface area contributed by atoms with Crippen molar-refractivity contribution in [3.8, 4) is 0 Å². The molecule has 1 aliphatic rings. The first-order chi connectivity index (χ1) is 14.0. The molecule has 168 valence electrons. The van der Waals surface area contributed by atoms with E-state index in [0.717, 1.165) is 25.7 Å². The van der Waals surface area contributed by atoms with E-state index in [2.05, 4.69) is 16.0 Å². The normalized spacial score (nSPS) is 18.1. The fourth-order valence-corrected chi connectivity index (χ4v) is 3.41. The third-order valence-electron chi connectivity index (χ3n) is 4.98. The predicted molar refractivity (Wildman–Crippen MR) is 115 cm³/mol. The van der Waals surface area contributed by atoms with E-state index in [9.17, 15) is 19.2 Å². The van der Waals surface area contributed by atoms with Gasteiger partial charge in [-0.05, 0) is 45.4 Å². The molecule has 0 atom stereocenters. The number of rotatable bonds is 12. The molecule has 1 fully saturated rings. The van der Waals surface area contributed by atoms with Gasteiger partial charge in [0.1, 0.15) is 5.78 Å². The number of carbonyl (C=O) groups is 4. The summed E-state index contributed by atoms with van der Waals surface area (Å²) in [6, 6.07) is 0.154. The van der Waals surface area contributed by atoms with Gasteiger partial charge < -0.3 is 16.0 Å². The molecule has 3 N–H and O–H groups in total. The standard InChI is InChI=1S/C20H35N3O4.C2H6/c1-3-17(24)15-10-12-16(13-11-15)23-20(27)8-5-7-19(26)22-14-6-9-18(25)21-4-2;1-2/h15-16H,3-14H2,1-2H3,(H,21,25)(H,22,26)(H,23,27);1-2H3. The van der Waals surface area contributed by atoms with E-state index in [4.69, 9.17) is 0 Å². The van der Waals surface area contributed by atoms with E-state index in [1.54, 1.807) is 0 Å². The second-order valence-electron chi connectivity index (χ2n) is 7.20. The Labute approximate surface area is 176 Å². The minimum Gasteiger partial charge on any atom is -0.356 e. The van der Waals surface area contributed by atoms with Crippen LogP contribution in [0.4, 0.5) is 0 Å². The number of Topliss-reactive ketones (excluding diaryl/α,β-unsaturated/α-hetero) is 1. The Kier molecular flexibility index (Phi) is 15.9. The fourth-order valence-electron chi connectivity index (χ4n) is 3.41. The van der Waals surface area contributed by atoms with Crippen LogP contribution in [0.1, 0.15) is 91.9 Å². The van der Waals surface area contributed by atoms with Gasteiger partial charge in [0, 0.05) is 50.7 Å². The molecule has 0 saturated heterocycles. The summed E-state index contributed by atoms with van der Waals surface area (Å²) in [5, 5.41) is 8.51. The van der Waals surface area contributed by atoms with Crippen LogP contribution >= 0.6 is 0 Å². The van der Waals surface area contributed by atoms with Crippen molar-refractivity contribution in [2.75, 3.05) is 13.1 Å². The lowest BCUT2D eigenvalue weighted by atomic mass is 9.83. The summed E-state index contributed by atoms with van der Waals surface area (Å²) >= 11 is 0. The molecule has 0 heterocycles. The smallest absolute Gasteiger partial charge is 0.220 e. The van der Waals surface area contributed by atoms with Gasteiger partial charge in [-0.3, -0.25) is 19.2 Å². The summed E-state index contributed by atoms with van der Waals surface area (Å²) in [5.74, 6) is 0.384. The average Bonchev–Trinajstić information content (AvgIpc) is 2.73. The largest absolute Gasteiger partial charge is 0.356 e. The summed E-state index contributed by atoms with van der Waals surface area (Å²) in [7, 11) is 0. The Balaban J connectivity index is 0.00000379. The van der Waals surface area contributed by atoms with Gasteiger partial charge in [0.05, 0.1) is 0 Å². The van der Waals surface area contributed by atoms with Crippen molar-refractivity contribution < 1.29 is 19.2 Å². The van der Waals surface area contributed by atoms with Crippen LogP contribution < -0.4 is 16.0 Å². The van der Waals surface area contributed by atoms with Crippen LogP contribution in [-0.2, 0) is 19.2 Å². The first-order valence-electron chi connectivity index (χ1n) is 11.3. The highest BCUT2D eigenvalue weighted by molar-refractivity contribution is 5.81. The first kappa shape index (κ1) is 27.1. The van der Waals surface area contributed by atoms with E-state index >= 15 is 0 Å². The summed E-state index contributed by atoms with van der Waals surface area (Å²) in [6.45, 7) is 8.86. The molecule has 0 bridgehead atoms. The highest BCUT2D eigenvalue weighted by atomic mass is 16.2. The van der Waals surface area contributed by atoms with Gasteiger partial charge in [-0.1, -0.05) is 20.8 Å². The van der Waals surface area contributed by atoms with Gasteiger partial charge in [-0.15, -0.1) is 0 Å². The summed E-state index contributed by atoms with van der Waals surface area (Å²) in [4.78, 5) is 46.7. The summed E-state index contributed by atoms with van der Waals surface area (Å²) < 4.78 is 0. The van der Waals surface area contributed by atoms with Crippen LogP contribution in [0, 0.1) is 5.92 Å².